The fourth-order valence-corrected chi connectivity index (χ4v) is 4.93. The lowest BCUT2D eigenvalue weighted by Crippen LogP contribution is -2.31. The number of carbonyl (C=O) groups excluding carboxylic acids is 1. The van der Waals surface area contributed by atoms with E-state index in [1.165, 1.54) is 0 Å². The van der Waals surface area contributed by atoms with Crippen molar-refractivity contribution in [2.45, 2.75) is 69.6 Å². The molecule has 0 radical (unpaired) electrons. The van der Waals surface area contributed by atoms with Crippen LogP contribution in [0.2, 0.25) is 0 Å². The highest BCUT2D eigenvalue weighted by Gasteiger charge is 2.25. The second-order valence-corrected chi connectivity index (χ2v) is 10.8. The summed E-state index contributed by atoms with van der Waals surface area (Å²) in [6.45, 7) is 7.20. The van der Waals surface area contributed by atoms with Gasteiger partial charge in [0.1, 0.15) is 5.76 Å². The minimum Gasteiger partial charge on any atom is -0.359 e. The summed E-state index contributed by atoms with van der Waals surface area (Å²) >= 11 is 0. The number of hydrogen-bond acceptors (Lipinski definition) is 5. The van der Waals surface area contributed by atoms with Gasteiger partial charge in [-0.05, 0) is 37.0 Å². The first-order valence-corrected chi connectivity index (χ1v) is 12.0. The number of hydrogen-bond donors (Lipinski definition) is 1. The monoisotopic (exact) mass is 433 g/mol. The van der Waals surface area contributed by atoms with Crippen LogP contribution < -0.4 is 5.32 Å². The van der Waals surface area contributed by atoms with E-state index in [0.29, 0.717) is 36.0 Å². The van der Waals surface area contributed by atoms with Gasteiger partial charge in [0.05, 0.1) is 4.90 Å². The van der Waals surface area contributed by atoms with Crippen molar-refractivity contribution in [2.75, 3.05) is 18.4 Å². The summed E-state index contributed by atoms with van der Waals surface area (Å²) in [6.07, 6.45) is 4.78. The number of carbonyl (C=O) groups is 1. The molecule has 0 aliphatic carbocycles. The number of aryl methyl sites for hydroxylation is 1. The van der Waals surface area contributed by atoms with Gasteiger partial charge in [0.2, 0.25) is 15.9 Å². The Bertz CT molecular complexity index is 951. The lowest BCUT2D eigenvalue weighted by atomic mass is 9.93. The molecule has 2 heterocycles. The van der Waals surface area contributed by atoms with E-state index >= 15 is 0 Å². The number of benzene rings is 1. The van der Waals surface area contributed by atoms with E-state index in [0.717, 1.165) is 31.2 Å². The molecule has 8 heteroatoms. The fourth-order valence-electron chi connectivity index (χ4n) is 3.41. The summed E-state index contributed by atoms with van der Waals surface area (Å²) in [5.41, 5.74) is 0.737. The molecule has 1 aromatic heterocycles. The first-order valence-electron chi connectivity index (χ1n) is 10.5. The Balaban J connectivity index is 1.55. The van der Waals surface area contributed by atoms with Gasteiger partial charge < -0.3 is 9.84 Å². The van der Waals surface area contributed by atoms with E-state index in [4.69, 9.17) is 4.52 Å². The molecule has 3 rings (SSSR count). The molecular weight excluding hydrogens is 402 g/mol. The van der Waals surface area contributed by atoms with Gasteiger partial charge in [-0.3, -0.25) is 4.79 Å². The number of nitrogens with zero attached hydrogens (tertiary/aromatic N) is 2. The van der Waals surface area contributed by atoms with Crippen molar-refractivity contribution < 1.29 is 17.7 Å². The molecule has 1 saturated heterocycles. The number of rotatable bonds is 6. The summed E-state index contributed by atoms with van der Waals surface area (Å²) in [5, 5.41) is 6.63. The Morgan fingerprint density at radius 3 is 2.30 bits per heavy atom. The summed E-state index contributed by atoms with van der Waals surface area (Å²) in [6, 6.07) is 8.58. The number of anilines is 1. The van der Waals surface area contributed by atoms with Crippen LogP contribution in [0.25, 0.3) is 0 Å². The average Bonchev–Trinajstić information content (AvgIpc) is 2.99. The van der Waals surface area contributed by atoms with E-state index in [1.807, 2.05) is 20.8 Å². The van der Waals surface area contributed by atoms with Gasteiger partial charge in [0, 0.05) is 31.0 Å². The maximum absolute atomic E-state index is 12.8. The predicted octanol–water partition coefficient (Wildman–Crippen LogP) is 4.11. The lowest BCUT2D eigenvalue weighted by molar-refractivity contribution is -0.116. The third kappa shape index (κ3) is 5.70. The minimum absolute atomic E-state index is 0.162. The third-order valence-corrected chi connectivity index (χ3v) is 7.20. The molecule has 7 nitrogen and oxygen atoms in total. The van der Waals surface area contributed by atoms with Gasteiger partial charge in [0.15, 0.2) is 5.82 Å². The van der Waals surface area contributed by atoms with Crippen molar-refractivity contribution in [1.29, 1.82) is 0 Å². The maximum Gasteiger partial charge on any atom is 0.243 e. The number of aromatic nitrogens is 1. The Morgan fingerprint density at radius 1 is 1.10 bits per heavy atom. The Kier molecular flexibility index (Phi) is 6.98. The molecule has 1 amide bonds. The Morgan fingerprint density at radius 2 is 1.73 bits per heavy atom. The number of nitrogens with one attached hydrogen (secondary N) is 1. The second-order valence-electron chi connectivity index (χ2n) is 8.84. The largest absolute Gasteiger partial charge is 0.359 e. The van der Waals surface area contributed by atoms with Gasteiger partial charge in [-0.1, -0.05) is 50.9 Å². The van der Waals surface area contributed by atoms with E-state index < -0.39 is 10.0 Å². The van der Waals surface area contributed by atoms with Gasteiger partial charge in [0.25, 0.3) is 0 Å². The molecule has 1 aliphatic heterocycles. The molecule has 0 spiro atoms. The molecule has 2 aromatic rings. The maximum atomic E-state index is 12.8. The molecule has 0 saturated carbocycles. The van der Waals surface area contributed by atoms with Gasteiger partial charge >= 0.3 is 0 Å². The summed E-state index contributed by atoms with van der Waals surface area (Å²) < 4.78 is 32.5. The van der Waals surface area contributed by atoms with E-state index in [2.05, 4.69) is 10.5 Å². The highest BCUT2D eigenvalue weighted by Crippen LogP contribution is 2.24. The van der Waals surface area contributed by atoms with Crippen LogP contribution in [-0.2, 0) is 26.7 Å². The summed E-state index contributed by atoms with van der Waals surface area (Å²) in [7, 11) is -3.45. The molecule has 1 aliphatic rings. The van der Waals surface area contributed by atoms with Gasteiger partial charge in [-0.2, -0.15) is 4.31 Å². The highest BCUT2D eigenvalue weighted by molar-refractivity contribution is 7.89. The molecule has 1 fully saturated rings. The SMILES string of the molecule is CC(C)(C)c1cc(NC(=O)CCc2ccc(S(=O)(=O)N3CCCCCC3)cc2)no1. The smallest absolute Gasteiger partial charge is 0.243 e. The number of amides is 1. The first-order chi connectivity index (χ1) is 14.2. The highest BCUT2D eigenvalue weighted by atomic mass is 32.2. The first kappa shape index (κ1) is 22.5. The van der Waals surface area contributed by atoms with E-state index in [1.54, 1.807) is 34.6 Å². The van der Waals surface area contributed by atoms with Crippen molar-refractivity contribution in [3.8, 4) is 0 Å². The molecular formula is C22H31N3O4S. The van der Waals surface area contributed by atoms with Crippen LogP contribution in [0, 0.1) is 0 Å². The molecule has 30 heavy (non-hydrogen) atoms. The standard InChI is InChI=1S/C22H31N3O4S/c1-22(2,3)19-16-20(24-29-19)23-21(26)13-10-17-8-11-18(12-9-17)30(27,28)25-14-6-4-5-7-15-25/h8-9,11-12,16H,4-7,10,13-15H2,1-3H3,(H,23,24,26). The topological polar surface area (TPSA) is 92.5 Å². The second kappa shape index (κ2) is 9.31. The van der Waals surface area contributed by atoms with Crippen molar-refractivity contribution >= 4 is 21.7 Å². The molecule has 1 N–H and O–H groups in total. The predicted molar refractivity (Wildman–Crippen MR) is 116 cm³/mol. The molecule has 0 unspecified atom stereocenters. The van der Waals surface area contributed by atoms with Crippen LogP contribution in [-0.4, -0.2) is 36.9 Å². The van der Waals surface area contributed by atoms with Crippen LogP contribution in [0.4, 0.5) is 5.82 Å². The lowest BCUT2D eigenvalue weighted by Gasteiger charge is -2.20. The zero-order chi connectivity index (χ0) is 21.8. The van der Waals surface area contributed by atoms with E-state index in [-0.39, 0.29) is 17.7 Å². The van der Waals surface area contributed by atoms with Crippen molar-refractivity contribution in [3.63, 3.8) is 0 Å². The van der Waals surface area contributed by atoms with Gasteiger partial charge in [-0.15, -0.1) is 0 Å². The van der Waals surface area contributed by atoms with Crippen molar-refractivity contribution in [2.24, 2.45) is 0 Å². The zero-order valence-electron chi connectivity index (χ0n) is 18.0. The minimum atomic E-state index is -3.45. The Labute approximate surface area is 178 Å². The van der Waals surface area contributed by atoms with Crippen LogP contribution in [0.15, 0.2) is 39.8 Å². The van der Waals surface area contributed by atoms with Crippen LogP contribution in [0.1, 0.15) is 64.2 Å². The summed E-state index contributed by atoms with van der Waals surface area (Å²) in [5.74, 6) is 0.952. The molecule has 164 valence electrons. The average molecular weight is 434 g/mol. The Hall–Kier alpha value is -2.19. The molecule has 1 aromatic carbocycles. The zero-order valence-corrected chi connectivity index (χ0v) is 18.8. The van der Waals surface area contributed by atoms with Crippen LogP contribution in [0.3, 0.4) is 0 Å². The molecule has 0 bridgehead atoms. The van der Waals surface area contributed by atoms with Crippen molar-refractivity contribution in [1.82, 2.24) is 9.46 Å². The van der Waals surface area contributed by atoms with Crippen LogP contribution >= 0.6 is 0 Å². The molecule has 0 atom stereocenters. The number of sulfonamides is 1. The quantitative estimate of drug-likeness (QED) is 0.740. The van der Waals surface area contributed by atoms with Crippen molar-refractivity contribution in [3.05, 3.63) is 41.7 Å². The fraction of sp³-hybridized carbons (Fsp3) is 0.545. The van der Waals surface area contributed by atoms with Crippen LogP contribution in [0.5, 0.6) is 0 Å². The normalized spacial score (nSPS) is 16.2. The third-order valence-electron chi connectivity index (χ3n) is 5.28. The van der Waals surface area contributed by atoms with Gasteiger partial charge in [-0.25, -0.2) is 8.42 Å². The summed E-state index contributed by atoms with van der Waals surface area (Å²) in [4.78, 5) is 12.5. The van der Waals surface area contributed by atoms with E-state index in [9.17, 15) is 13.2 Å².